The molecule has 1 aromatic heterocycles. The van der Waals surface area contributed by atoms with Gasteiger partial charge in [0, 0.05) is 25.7 Å². The first-order valence-electron chi connectivity index (χ1n) is 8.10. The van der Waals surface area contributed by atoms with E-state index in [0.717, 1.165) is 32.8 Å². The molecule has 0 atom stereocenters. The molecule has 3 rings (SSSR count). The number of hydrogen-bond acceptors (Lipinski definition) is 6. The predicted molar refractivity (Wildman–Crippen MR) is 94.2 cm³/mol. The maximum Gasteiger partial charge on any atom is 0.261 e. The third-order valence-electron chi connectivity index (χ3n) is 3.80. The zero-order valence-electron chi connectivity index (χ0n) is 13.8. The van der Waals surface area contributed by atoms with Gasteiger partial charge in [0.1, 0.15) is 6.61 Å². The molecular formula is C17H21N3O4S. The molecule has 2 heterocycles. The molecule has 134 valence electrons. The van der Waals surface area contributed by atoms with Crippen molar-refractivity contribution in [1.82, 2.24) is 9.88 Å². The summed E-state index contributed by atoms with van der Waals surface area (Å²) >= 11 is 0. The largest absolute Gasteiger partial charge is 0.476 e. The molecule has 1 fully saturated rings. The van der Waals surface area contributed by atoms with E-state index in [0.29, 0.717) is 18.2 Å². The highest BCUT2D eigenvalue weighted by molar-refractivity contribution is 7.92. The summed E-state index contributed by atoms with van der Waals surface area (Å²) in [6.07, 6.45) is 1.45. The first kappa shape index (κ1) is 17.7. The van der Waals surface area contributed by atoms with Crippen LogP contribution >= 0.6 is 0 Å². The van der Waals surface area contributed by atoms with Crippen LogP contribution in [0.3, 0.4) is 0 Å². The Labute approximate surface area is 147 Å². The molecule has 25 heavy (non-hydrogen) atoms. The molecule has 7 nitrogen and oxygen atoms in total. The van der Waals surface area contributed by atoms with Gasteiger partial charge in [0.05, 0.1) is 30.0 Å². The Morgan fingerprint density at radius 2 is 1.88 bits per heavy atom. The van der Waals surface area contributed by atoms with Gasteiger partial charge in [0.2, 0.25) is 5.88 Å². The van der Waals surface area contributed by atoms with Gasteiger partial charge in [-0.15, -0.1) is 0 Å². The van der Waals surface area contributed by atoms with Crippen molar-refractivity contribution < 1.29 is 17.9 Å². The van der Waals surface area contributed by atoms with Gasteiger partial charge in [-0.25, -0.2) is 13.4 Å². The second-order valence-electron chi connectivity index (χ2n) is 5.61. The van der Waals surface area contributed by atoms with Crippen LogP contribution in [0.15, 0.2) is 53.6 Å². The zero-order chi connectivity index (χ0) is 17.5. The smallest absolute Gasteiger partial charge is 0.261 e. The molecule has 1 saturated heterocycles. The number of nitrogens with zero attached hydrogens (tertiary/aromatic N) is 2. The second kappa shape index (κ2) is 8.28. The summed E-state index contributed by atoms with van der Waals surface area (Å²) in [7, 11) is -3.61. The minimum atomic E-state index is -3.61. The SMILES string of the molecule is O=S(=O)(Nc1ccc(OCCN2CCOCC2)nc1)c1ccccc1. The first-order valence-corrected chi connectivity index (χ1v) is 9.59. The Bertz CT molecular complexity index is 760. The van der Waals surface area contributed by atoms with Crippen LogP contribution in [-0.2, 0) is 14.8 Å². The zero-order valence-corrected chi connectivity index (χ0v) is 14.6. The average Bonchev–Trinajstić information content (AvgIpc) is 2.65. The molecule has 0 radical (unpaired) electrons. The van der Waals surface area contributed by atoms with Gasteiger partial charge in [-0.3, -0.25) is 9.62 Å². The van der Waals surface area contributed by atoms with E-state index < -0.39 is 10.0 Å². The normalized spacial score (nSPS) is 15.7. The van der Waals surface area contributed by atoms with E-state index >= 15 is 0 Å². The fourth-order valence-corrected chi connectivity index (χ4v) is 3.51. The Morgan fingerprint density at radius 3 is 2.56 bits per heavy atom. The minimum Gasteiger partial charge on any atom is -0.476 e. The van der Waals surface area contributed by atoms with Crippen LogP contribution in [0, 0.1) is 0 Å². The van der Waals surface area contributed by atoms with E-state index in [9.17, 15) is 8.42 Å². The number of aromatic nitrogens is 1. The minimum absolute atomic E-state index is 0.209. The van der Waals surface area contributed by atoms with Crippen LogP contribution in [-0.4, -0.2) is 57.8 Å². The average molecular weight is 363 g/mol. The van der Waals surface area contributed by atoms with Crippen molar-refractivity contribution in [2.75, 3.05) is 44.2 Å². The Kier molecular flexibility index (Phi) is 5.85. The van der Waals surface area contributed by atoms with Crippen LogP contribution < -0.4 is 9.46 Å². The molecule has 0 spiro atoms. The van der Waals surface area contributed by atoms with Gasteiger partial charge in [0.25, 0.3) is 10.0 Å². The summed E-state index contributed by atoms with van der Waals surface area (Å²) in [5.74, 6) is 0.468. The van der Waals surface area contributed by atoms with E-state index in [1.54, 1.807) is 42.5 Å². The molecule has 0 saturated carbocycles. The summed E-state index contributed by atoms with van der Waals surface area (Å²) in [5.41, 5.74) is 0.393. The lowest BCUT2D eigenvalue weighted by Gasteiger charge is -2.26. The number of anilines is 1. The van der Waals surface area contributed by atoms with Crippen molar-refractivity contribution in [2.45, 2.75) is 4.90 Å². The van der Waals surface area contributed by atoms with Crippen molar-refractivity contribution in [2.24, 2.45) is 0 Å². The summed E-state index contributed by atoms with van der Waals surface area (Å²) in [6.45, 7) is 4.69. The topological polar surface area (TPSA) is 80.8 Å². The highest BCUT2D eigenvalue weighted by Crippen LogP contribution is 2.17. The van der Waals surface area contributed by atoms with E-state index in [1.807, 2.05) is 0 Å². The van der Waals surface area contributed by atoms with Crippen LogP contribution in [0.2, 0.25) is 0 Å². The van der Waals surface area contributed by atoms with Crippen molar-refractivity contribution in [1.29, 1.82) is 0 Å². The van der Waals surface area contributed by atoms with Gasteiger partial charge in [0.15, 0.2) is 0 Å². The standard InChI is InChI=1S/C17H21N3O4S/c21-25(22,16-4-2-1-3-5-16)19-15-6-7-17(18-14-15)24-13-10-20-8-11-23-12-9-20/h1-7,14,19H,8-13H2. The number of morpholine rings is 1. The molecular weight excluding hydrogens is 342 g/mol. The first-order chi connectivity index (χ1) is 12.1. The van der Waals surface area contributed by atoms with Gasteiger partial charge < -0.3 is 9.47 Å². The van der Waals surface area contributed by atoms with Crippen LogP contribution in [0.4, 0.5) is 5.69 Å². The van der Waals surface area contributed by atoms with Crippen molar-refractivity contribution in [3.05, 3.63) is 48.7 Å². The second-order valence-corrected chi connectivity index (χ2v) is 7.29. The molecule has 0 aliphatic carbocycles. The summed E-state index contributed by atoms with van der Waals surface area (Å²) in [5, 5.41) is 0. The Hall–Kier alpha value is -2.16. The summed E-state index contributed by atoms with van der Waals surface area (Å²) < 4.78 is 37.9. The lowest BCUT2D eigenvalue weighted by molar-refractivity contribution is 0.0320. The third kappa shape index (κ3) is 5.15. The van der Waals surface area contributed by atoms with Crippen LogP contribution in [0.1, 0.15) is 0 Å². The number of hydrogen-bond donors (Lipinski definition) is 1. The fourth-order valence-electron chi connectivity index (χ4n) is 2.44. The van der Waals surface area contributed by atoms with Gasteiger partial charge >= 0.3 is 0 Å². The predicted octanol–water partition coefficient (Wildman–Crippen LogP) is 1.59. The van der Waals surface area contributed by atoms with Crippen molar-refractivity contribution in [3.8, 4) is 5.88 Å². The maximum atomic E-state index is 12.2. The maximum absolute atomic E-state index is 12.2. The van der Waals surface area contributed by atoms with E-state index in [1.165, 1.54) is 6.20 Å². The van der Waals surface area contributed by atoms with E-state index in [4.69, 9.17) is 9.47 Å². The monoisotopic (exact) mass is 363 g/mol. The number of rotatable bonds is 7. The number of sulfonamides is 1. The highest BCUT2D eigenvalue weighted by atomic mass is 32.2. The number of ether oxygens (including phenoxy) is 2. The number of pyridine rings is 1. The van der Waals surface area contributed by atoms with E-state index in [-0.39, 0.29) is 4.90 Å². The summed E-state index contributed by atoms with van der Waals surface area (Å²) in [4.78, 5) is 6.63. The fraction of sp³-hybridized carbons (Fsp3) is 0.353. The van der Waals surface area contributed by atoms with Crippen LogP contribution in [0.25, 0.3) is 0 Å². The number of benzene rings is 1. The van der Waals surface area contributed by atoms with Gasteiger partial charge in [-0.1, -0.05) is 18.2 Å². The summed E-state index contributed by atoms with van der Waals surface area (Å²) in [6, 6.07) is 11.5. The lowest BCUT2D eigenvalue weighted by atomic mass is 10.4. The Morgan fingerprint density at radius 1 is 1.12 bits per heavy atom. The molecule has 1 N–H and O–H groups in total. The molecule has 1 aromatic carbocycles. The van der Waals surface area contributed by atoms with E-state index in [2.05, 4.69) is 14.6 Å². The molecule has 1 aliphatic rings. The molecule has 0 amide bonds. The van der Waals surface area contributed by atoms with Crippen molar-refractivity contribution in [3.63, 3.8) is 0 Å². The third-order valence-corrected chi connectivity index (χ3v) is 5.20. The lowest BCUT2D eigenvalue weighted by Crippen LogP contribution is -2.38. The number of nitrogens with one attached hydrogen (secondary N) is 1. The highest BCUT2D eigenvalue weighted by Gasteiger charge is 2.14. The van der Waals surface area contributed by atoms with Gasteiger partial charge in [-0.2, -0.15) is 0 Å². The van der Waals surface area contributed by atoms with Gasteiger partial charge in [-0.05, 0) is 18.2 Å². The Balaban J connectivity index is 1.51. The molecule has 0 bridgehead atoms. The molecule has 8 heteroatoms. The quantitative estimate of drug-likeness (QED) is 0.805. The van der Waals surface area contributed by atoms with Crippen LogP contribution in [0.5, 0.6) is 5.88 Å². The molecule has 1 aliphatic heterocycles. The molecule has 2 aromatic rings. The van der Waals surface area contributed by atoms with Crippen molar-refractivity contribution >= 4 is 15.7 Å². The molecule has 0 unspecified atom stereocenters.